The first-order valence-electron chi connectivity index (χ1n) is 7.16. The van der Waals surface area contributed by atoms with E-state index in [0.29, 0.717) is 0 Å². The highest BCUT2D eigenvalue weighted by Crippen LogP contribution is 2.09. The molecule has 3 nitrogen and oxygen atoms in total. The van der Waals surface area contributed by atoms with Crippen molar-refractivity contribution in [3.8, 4) is 0 Å². The number of benzene rings is 1. The van der Waals surface area contributed by atoms with E-state index in [-0.39, 0.29) is 18.3 Å². The lowest BCUT2D eigenvalue weighted by Crippen LogP contribution is -3.00. The Balaban J connectivity index is 0.00000242. The van der Waals surface area contributed by atoms with Gasteiger partial charge < -0.3 is 17.3 Å². The van der Waals surface area contributed by atoms with Gasteiger partial charge in [0.2, 0.25) is 0 Å². The highest BCUT2D eigenvalue weighted by molar-refractivity contribution is 6.30. The van der Waals surface area contributed by atoms with Gasteiger partial charge in [0.05, 0.1) is 5.56 Å². The first-order chi connectivity index (χ1) is 10.1. The summed E-state index contributed by atoms with van der Waals surface area (Å²) in [5.41, 5.74) is 1.90. The van der Waals surface area contributed by atoms with Gasteiger partial charge in [-0.15, -0.1) is 0 Å². The van der Waals surface area contributed by atoms with Gasteiger partial charge >= 0.3 is 0 Å². The lowest BCUT2D eigenvalue weighted by Gasteiger charge is -2.18. The molecule has 0 unspecified atom stereocenters. The molecule has 1 amide bonds. The largest absolute Gasteiger partial charge is 1.00 e. The van der Waals surface area contributed by atoms with Crippen LogP contribution < -0.4 is 17.0 Å². The van der Waals surface area contributed by atoms with E-state index in [1.807, 2.05) is 72.1 Å². The number of carbonyl (C=O) groups excluding carboxylic acids is 1. The highest BCUT2D eigenvalue weighted by atomic mass is 35.5. The summed E-state index contributed by atoms with van der Waals surface area (Å²) >= 11 is 5.88. The standard InChI is InChI=1S/C17H20ClN2O.ClH/c1-3-20(4-2)17(21)15-9-11-19(12-10-15)13-14-5-7-16(18)8-6-14;/h5-12H,3-4,13H2,1-2H3;1H/q+1;/p-1. The summed E-state index contributed by atoms with van der Waals surface area (Å²) in [4.78, 5) is 14.0. The average molecular weight is 339 g/mol. The van der Waals surface area contributed by atoms with Gasteiger partial charge in [-0.05, 0) is 26.0 Å². The SMILES string of the molecule is CCN(CC)C(=O)c1cc[n+](Cc2ccc(Cl)cc2)cc1.[Cl-]. The second kappa shape index (κ2) is 8.76. The number of aromatic nitrogens is 1. The Labute approximate surface area is 142 Å². The number of carbonyl (C=O) groups is 1. The molecule has 1 aromatic heterocycles. The Bertz CT molecular complexity index is 593. The van der Waals surface area contributed by atoms with Crippen molar-refractivity contribution >= 4 is 17.5 Å². The molecule has 1 heterocycles. The third-order valence-electron chi connectivity index (χ3n) is 3.47. The fourth-order valence-electron chi connectivity index (χ4n) is 2.20. The Kier molecular flexibility index (Phi) is 7.36. The third kappa shape index (κ3) is 4.72. The maximum absolute atomic E-state index is 12.2. The fourth-order valence-corrected chi connectivity index (χ4v) is 2.33. The summed E-state index contributed by atoms with van der Waals surface area (Å²) in [7, 11) is 0. The van der Waals surface area contributed by atoms with Crippen LogP contribution in [0.25, 0.3) is 0 Å². The monoisotopic (exact) mass is 338 g/mol. The minimum Gasteiger partial charge on any atom is -1.00 e. The fraction of sp³-hybridized carbons (Fsp3) is 0.294. The van der Waals surface area contributed by atoms with E-state index in [0.717, 1.165) is 30.2 Å². The van der Waals surface area contributed by atoms with Crippen LogP contribution >= 0.6 is 11.6 Å². The van der Waals surface area contributed by atoms with Crippen molar-refractivity contribution in [2.24, 2.45) is 0 Å². The number of nitrogens with zero attached hydrogens (tertiary/aromatic N) is 2. The van der Waals surface area contributed by atoms with Gasteiger partial charge in [-0.1, -0.05) is 23.7 Å². The van der Waals surface area contributed by atoms with Crippen LogP contribution in [0.5, 0.6) is 0 Å². The third-order valence-corrected chi connectivity index (χ3v) is 3.72. The van der Waals surface area contributed by atoms with Gasteiger partial charge in [0.15, 0.2) is 18.9 Å². The zero-order chi connectivity index (χ0) is 15.2. The van der Waals surface area contributed by atoms with E-state index in [2.05, 4.69) is 0 Å². The topological polar surface area (TPSA) is 24.2 Å². The van der Waals surface area contributed by atoms with E-state index in [1.54, 1.807) is 0 Å². The predicted octanol–water partition coefficient (Wildman–Crippen LogP) is 0.162. The summed E-state index contributed by atoms with van der Waals surface area (Å²) in [5, 5.41) is 0.740. The molecule has 5 heteroatoms. The van der Waals surface area contributed by atoms with Gasteiger partial charge in [0.1, 0.15) is 0 Å². The molecule has 0 spiro atoms. The molecule has 0 radical (unpaired) electrons. The van der Waals surface area contributed by atoms with Crippen molar-refractivity contribution in [1.82, 2.24) is 4.90 Å². The molecule has 0 aliphatic heterocycles. The molecular weight excluding hydrogens is 319 g/mol. The second-order valence-corrected chi connectivity index (χ2v) is 5.30. The van der Waals surface area contributed by atoms with E-state index >= 15 is 0 Å². The quantitative estimate of drug-likeness (QED) is 0.713. The van der Waals surface area contributed by atoms with Crippen molar-refractivity contribution in [1.29, 1.82) is 0 Å². The Morgan fingerprint density at radius 1 is 1.05 bits per heavy atom. The first kappa shape index (κ1) is 18.5. The summed E-state index contributed by atoms with van der Waals surface area (Å²) in [6, 6.07) is 11.5. The van der Waals surface area contributed by atoms with E-state index in [4.69, 9.17) is 11.6 Å². The predicted molar refractivity (Wildman–Crippen MR) is 84.4 cm³/mol. The number of pyridine rings is 1. The summed E-state index contributed by atoms with van der Waals surface area (Å²) in [6.07, 6.45) is 3.87. The molecule has 0 saturated carbocycles. The number of hydrogen-bond acceptors (Lipinski definition) is 1. The van der Waals surface area contributed by atoms with Crippen LogP contribution in [0.3, 0.4) is 0 Å². The maximum atomic E-state index is 12.2. The molecule has 2 aromatic rings. The van der Waals surface area contributed by atoms with Crippen molar-refractivity contribution in [2.75, 3.05) is 13.1 Å². The molecule has 0 aliphatic carbocycles. The zero-order valence-corrected chi connectivity index (χ0v) is 14.3. The van der Waals surface area contributed by atoms with Crippen LogP contribution in [0.1, 0.15) is 29.8 Å². The molecule has 0 atom stereocenters. The Morgan fingerprint density at radius 2 is 1.59 bits per heavy atom. The smallest absolute Gasteiger partial charge is 0.254 e. The van der Waals surface area contributed by atoms with Gasteiger partial charge in [-0.3, -0.25) is 4.79 Å². The zero-order valence-electron chi connectivity index (χ0n) is 12.8. The van der Waals surface area contributed by atoms with Crippen LogP contribution in [0.15, 0.2) is 48.8 Å². The minimum absolute atomic E-state index is 0. The lowest BCUT2D eigenvalue weighted by atomic mass is 10.2. The molecule has 1 aromatic carbocycles. The van der Waals surface area contributed by atoms with Crippen LogP contribution in [-0.2, 0) is 6.54 Å². The van der Waals surface area contributed by atoms with Gasteiger partial charge in [0.25, 0.3) is 5.91 Å². The van der Waals surface area contributed by atoms with E-state index in [1.165, 1.54) is 5.56 Å². The van der Waals surface area contributed by atoms with Crippen LogP contribution in [0.2, 0.25) is 5.02 Å². The van der Waals surface area contributed by atoms with Gasteiger partial charge in [-0.2, -0.15) is 0 Å². The molecule has 0 N–H and O–H groups in total. The van der Waals surface area contributed by atoms with Gasteiger partial charge in [-0.25, -0.2) is 4.57 Å². The summed E-state index contributed by atoms with van der Waals surface area (Å²) in [6.45, 7) is 6.21. The Hall–Kier alpha value is -1.58. The van der Waals surface area contributed by atoms with Crippen LogP contribution in [0, 0.1) is 0 Å². The minimum atomic E-state index is 0. The molecular formula is C17H20Cl2N2O. The normalized spacial score (nSPS) is 9.95. The van der Waals surface area contributed by atoms with Crippen molar-refractivity contribution in [3.05, 3.63) is 64.9 Å². The maximum Gasteiger partial charge on any atom is 0.254 e. The van der Waals surface area contributed by atoms with Crippen molar-refractivity contribution < 1.29 is 21.8 Å². The van der Waals surface area contributed by atoms with E-state index in [9.17, 15) is 4.79 Å². The number of hydrogen-bond donors (Lipinski definition) is 0. The lowest BCUT2D eigenvalue weighted by molar-refractivity contribution is -0.688. The van der Waals surface area contributed by atoms with E-state index < -0.39 is 0 Å². The average Bonchev–Trinajstić information content (AvgIpc) is 2.51. The molecule has 118 valence electrons. The number of amides is 1. The van der Waals surface area contributed by atoms with Crippen molar-refractivity contribution in [2.45, 2.75) is 20.4 Å². The number of halogens is 2. The number of rotatable bonds is 5. The highest BCUT2D eigenvalue weighted by Gasteiger charge is 2.13. The van der Waals surface area contributed by atoms with Crippen molar-refractivity contribution in [3.63, 3.8) is 0 Å². The van der Waals surface area contributed by atoms with Crippen LogP contribution in [0.4, 0.5) is 0 Å². The van der Waals surface area contributed by atoms with Gasteiger partial charge in [0, 0.05) is 35.8 Å². The molecule has 0 fully saturated rings. The first-order valence-corrected chi connectivity index (χ1v) is 7.54. The molecule has 0 aliphatic rings. The Morgan fingerprint density at radius 3 is 2.09 bits per heavy atom. The summed E-state index contributed by atoms with van der Waals surface area (Å²) in [5.74, 6) is 0.0821. The molecule has 0 bridgehead atoms. The molecule has 22 heavy (non-hydrogen) atoms. The second-order valence-electron chi connectivity index (χ2n) is 4.86. The van der Waals surface area contributed by atoms with Crippen LogP contribution in [-0.4, -0.2) is 23.9 Å². The molecule has 2 rings (SSSR count). The molecule has 0 saturated heterocycles. The summed E-state index contributed by atoms with van der Waals surface area (Å²) < 4.78 is 2.04.